The van der Waals surface area contributed by atoms with Gasteiger partial charge in [-0.1, -0.05) is 24.3 Å². The van der Waals surface area contributed by atoms with Crippen LogP contribution in [0.4, 0.5) is 0 Å². The maximum absolute atomic E-state index is 12.5. The minimum atomic E-state index is -0.0696. The van der Waals surface area contributed by atoms with E-state index in [2.05, 4.69) is 28.4 Å². The topological polar surface area (TPSA) is 46.1 Å². The molecule has 0 fully saturated rings. The number of amides is 1. The second kappa shape index (κ2) is 5.41. The number of fused-ring (bicyclic) bond motifs is 1. The average Bonchev–Trinajstić information content (AvgIpc) is 2.54. The molecule has 0 saturated heterocycles. The van der Waals surface area contributed by atoms with E-state index in [1.54, 1.807) is 23.2 Å². The van der Waals surface area contributed by atoms with Crippen LogP contribution in [-0.4, -0.2) is 28.1 Å². The third-order valence-electron chi connectivity index (χ3n) is 3.92. The van der Waals surface area contributed by atoms with Crippen molar-refractivity contribution in [3.05, 3.63) is 59.4 Å². The first-order chi connectivity index (χ1) is 9.77. The van der Waals surface area contributed by atoms with Crippen LogP contribution in [0.15, 0.2) is 42.6 Å². The Bertz CT molecular complexity index is 612. The normalized spacial score (nSPS) is 17.4. The maximum atomic E-state index is 12.5. The number of rotatable bonds is 2. The van der Waals surface area contributed by atoms with Gasteiger partial charge in [-0.15, -0.1) is 5.10 Å². The minimum Gasteiger partial charge on any atom is -0.333 e. The zero-order chi connectivity index (χ0) is 13.9. The summed E-state index contributed by atoms with van der Waals surface area (Å²) in [6.45, 7) is 0. The molecule has 102 valence electrons. The molecule has 0 radical (unpaired) electrons. The number of benzene rings is 1. The SMILES string of the molecule is CN(C(=O)c1cccnn1)[C@H]1CCCc2ccccc21. The monoisotopic (exact) mass is 267 g/mol. The molecule has 1 heterocycles. The molecule has 1 aliphatic carbocycles. The van der Waals surface area contributed by atoms with E-state index >= 15 is 0 Å². The molecule has 0 unspecified atom stereocenters. The summed E-state index contributed by atoms with van der Waals surface area (Å²) >= 11 is 0. The molecule has 1 aromatic carbocycles. The summed E-state index contributed by atoms with van der Waals surface area (Å²) in [6.07, 6.45) is 4.78. The van der Waals surface area contributed by atoms with Crippen molar-refractivity contribution in [2.24, 2.45) is 0 Å². The molecule has 0 N–H and O–H groups in total. The largest absolute Gasteiger partial charge is 0.333 e. The average molecular weight is 267 g/mol. The van der Waals surface area contributed by atoms with Gasteiger partial charge in [-0.2, -0.15) is 5.10 Å². The molecule has 1 aromatic heterocycles. The molecule has 4 heteroatoms. The van der Waals surface area contributed by atoms with Crippen LogP contribution in [0.2, 0.25) is 0 Å². The number of nitrogens with zero attached hydrogens (tertiary/aromatic N) is 3. The summed E-state index contributed by atoms with van der Waals surface area (Å²) in [4.78, 5) is 14.3. The van der Waals surface area contributed by atoms with Gasteiger partial charge >= 0.3 is 0 Å². The van der Waals surface area contributed by atoms with Gasteiger partial charge in [-0.05, 0) is 42.5 Å². The Labute approximate surface area is 118 Å². The summed E-state index contributed by atoms with van der Waals surface area (Å²) in [5, 5.41) is 7.69. The lowest BCUT2D eigenvalue weighted by atomic mass is 9.87. The Morgan fingerprint density at radius 1 is 1.25 bits per heavy atom. The summed E-state index contributed by atoms with van der Waals surface area (Å²) in [5.41, 5.74) is 3.01. The van der Waals surface area contributed by atoms with Gasteiger partial charge in [0.15, 0.2) is 5.69 Å². The van der Waals surface area contributed by atoms with E-state index in [9.17, 15) is 4.79 Å². The second-order valence-electron chi connectivity index (χ2n) is 5.13. The molecule has 4 nitrogen and oxygen atoms in total. The van der Waals surface area contributed by atoms with Crippen molar-refractivity contribution in [2.75, 3.05) is 7.05 Å². The van der Waals surface area contributed by atoms with E-state index in [1.807, 2.05) is 13.1 Å². The molecule has 3 rings (SSSR count). The summed E-state index contributed by atoms with van der Waals surface area (Å²) < 4.78 is 0. The van der Waals surface area contributed by atoms with Crippen LogP contribution in [0, 0.1) is 0 Å². The van der Waals surface area contributed by atoms with E-state index < -0.39 is 0 Å². The van der Waals surface area contributed by atoms with E-state index in [4.69, 9.17) is 0 Å². The summed E-state index contributed by atoms with van der Waals surface area (Å²) in [7, 11) is 1.85. The van der Waals surface area contributed by atoms with Crippen LogP contribution >= 0.6 is 0 Å². The summed E-state index contributed by atoms with van der Waals surface area (Å²) in [6, 6.07) is 12.0. The third kappa shape index (κ3) is 2.29. The molecule has 1 aliphatic rings. The van der Waals surface area contributed by atoms with Crippen LogP contribution in [-0.2, 0) is 6.42 Å². The molecule has 2 aromatic rings. The Morgan fingerprint density at radius 2 is 2.10 bits per heavy atom. The molecule has 0 saturated carbocycles. The molecule has 1 amide bonds. The van der Waals surface area contributed by atoms with Gasteiger partial charge in [-0.25, -0.2) is 0 Å². The van der Waals surface area contributed by atoms with Gasteiger partial charge in [0.05, 0.1) is 6.04 Å². The van der Waals surface area contributed by atoms with E-state index in [1.165, 1.54) is 11.1 Å². The van der Waals surface area contributed by atoms with Crippen molar-refractivity contribution in [2.45, 2.75) is 25.3 Å². The first kappa shape index (κ1) is 12.8. The Kier molecular flexibility index (Phi) is 3.46. The quantitative estimate of drug-likeness (QED) is 0.840. The minimum absolute atomic E-state index is 0.0696. The molecule has 0 aliphatic heterocycles. The number of aryl methyl sites for hydroxylation is 1. The van der Waals surface area contributed by atoms with Gasteiger partial charge in [0.1, 0.15) is 0 Å². The van der Waals surface area contributed by atoms with Gasteiger partial charge in [0, 0.05) is 13.2 Å². The zero-order valence-electron chi connectivity index (χ0n) is 11.5. The predicted octanol–water partition coefficient (Wildman–Crippen LogP) is 2.63. The van der Waals surface area contributed by atoms with E-state index in [0.29, 0.717) is 5.69 Å². The van der Waals surface area contributed by atoms with Crippen molar-refractivity contribution >= 4 is 5.91 Å². The molecule has 1 atom stereocenters. The van der Waals surface area contributed by atoms with Crippen LogP contribution < -0.4 is 0 Å². The van der Waals surface area contributed by atoms with Gasteiger partial charge < -0.3 is 4.90 Å². The van der Waals surface area contributed by atoms with Gasteiger partial charge in [0.25, 0.3) is 5.91 Å². The number of carbonyl (C=O) groups is 1. The number of aromatic nitrogens is 2. The first-order valence-electron chi connectivity index (χ1n) is 6.90. The van der Waals surface area contributed by atoms with Crippen molar-refractivity contribution in [1.82, 2.24) is 15.1 Å². The first-order valence-corrected chi connectivity index (χ1v) is 6.90. The van der Waals surface area contributed by atoms with Crippen molar-refractivity contribution in [3.8, 4) is 0 Å². The second-order valence-corrected chi connectivity index (χ2v) is 5.13. The molecule has 0 spiro atoms. The Morgan fingerprint density at radius 3 is 2.90 bits per heavy atom. The maximum Gasteiger partial charge on any atom is 0.274 e. The molecule has 0 bridgehead atoms. The standard InChI is InChI=1S/C16H17N3O/c1-19(16(20)14-9-5-11-17-18-14)15-10-4-7-12-6-2-3-8-13(12)15/h2-3,5-6,8-9,11,15H,4,7,10H2,1H3/t15-/m0/s1. The number of hydrogen-bond donors (Lipinski definition) is 0. The predicted molar refractivity (Wildman–Crippen MR) is 76.2 cm³/mol. The highest BCUT2D eigenvalue weighted by molar-refractivity contribution is 5.92. The Hall–Kier alpha value is -2.23. The fourth-order valence-corrected chi connectivity index (χ4v) is 2.87. The lowest BCUT2D eigenvalue weighted by molar-refractivity contribution is 0.0708. The van der Waals surface area contributed by atoms with Crippen LogP contribution in [0.3, 0.4) is 0 Å². The third-order valence-corrected chi connectivity index (χ3v) is 3.92. The fourth-order valence-electron chi connectivity index (χ4n) is 2.87. The highest BCUT2D eigenvalue weighted by Crippen LogP contribution is 2.33. The fraction of sp³-hybridized carbons (Fsp3) is 0.312. The number of carbonyl (C=O) groups excluding carboxylic acids is 1. The van der Waals surface area contributed by atoms with Crippen molar-refractivity contribution in [1.29, 1.82) is 0 Å². The Balaban J connectivity index is 1.89. The summed E-state index contributed by atoms with van der Waals surface area (Å²) in [5.74, 6) is -0.0696. The van der Waals surface area contributed by atoms with Crippen molar-refractivity contribution in [3.63, 3.8) is 0 Å². The highest BCUT2D eigenvalue weighted by atomic mass is 16.2. The highest BCUT2D eigenvalue weighted by Gasteiger charge is 2.27. The van der Waals surface area contributed by atoms with Crippen LogP contribution in [0.25, 0.3) is 0 Å². The van der Waals surface area contributed by atoms with Gasteiger partial charge in [-0.3, -0.25) is 4.79 Å². The lowest BCUT2D eigenvalue weighted by Gasteiger charge is -2.33. The van der Waals surface area contributed by atoms with Crippen LogP contribution in [0.1, 0.15) is 40.5 Å². The number of hydrogen-bond acceptors (Lipinski definition) is 3. The lowest BCUT2D eigenvalue weighted by Crippen LogP contribution is -2.33. The zero-order valence-corrected chi connectivity index (χ0v) is 11.5. The smallest absolute Gasteiger partial charge is 0.274 e. The van der Waals surface area contributed by atoms with E-state index in [-0.39, 0.29) is 11.9 Å². The van der Waals surface area contributed by atoms with Crippen molar-refractivity contribution < 1.29 is 4.79 Å². The molecular formula is C16H17N3O. The van der Waals surface area contributed by atoms with Crippen LogP contribution in [0.5, 0.6) is 0 Å². The molecular weight excluding hydrogens is 250 g/mol. The van der Waals surface area contributed by atoms with Gasteiger partial charge in [0.2, 0.25) is 0 Å². The molecule has 20 heavy (non-hydrogen) atoms. The van der Waals surface area contributed by atoms with E-state index in [0.717, 1.165) is 19.3 Å².